The van der Waals surface area contributed by atoms with Crippen LogP contribution in [0.5, 0.6) is 0 Å². The largest absolute Gasteiger partial charge is 0.465 e. The number of nitrogen functional groups attached to an aromatic ring is 1. The van der Waals surface area contributed by atoms with Gasteiger partial charge in [-0.3, -0.25) is 0 Å². The summed E-state index contributed by atoms with van der Waals surface area (Å²) < 4.78 is 7.15. The quantitative estimate of drug-likeness (QED) is 0.582. The van der Waals surface area contributed by atoms with Gasteiger partial charge < -0.3 is 19.9 Å². The lowest BCUT2D eigenvalue weighted by atomic mass is 10.3. The van der Waals surface area contributed by atoms with E-state index in [-0.39, 0.29) is 0 Å². The highest BCUT2D eigenvalue weighted by Crippen LogP contribution is 2.23. The molecule has 1 rings (SSSR count). The Hall–Kier alpha value is -0.920. The second-order valence-corrected chi connectivity index (χ2v) is 5.93. The van der Waals surface area contributed by atoms with Crippen LogP contribution in [0.2, 0.25) is 0 Å². The molecule has 0 unspecified atom stereocenters. The van der Waals surface area contributed by atoms with Gasteiger partial charge in [-0.05, 0) is 26.1 Å². The fraction of sp³-hybridized carbons (Fsp3) is 0.667. The summed E-state index contributed by atoms with van der Waals surface area (Å²) in [7, 11) is 1.35. The molecule has 7 heteroatoms. The SMILES string of the molecule is CC[NH+](CC)CCCn1c(N)c(C(=O)OC)sc1=S. The van der Waals surface area contributed by atoms with Crippen molar-refractivity contribution in [1.29, 1.82) is 0 Å². The van der Waals surface area contributed by atoms with E-state index in [9.17, 15) is 4.79 Å². The van der Waals surface area contributed by atoms with Crippen molar-refractivity contribution in [2.45, 2.75) is 26.8 Å². The van der Waals surface area contributed by atoms with Crippen LogP contribution in [-0.4, -0.2) is 37.3 Å². The zero-order chi connectivity index (χ0) is 14.4. The molecule has 1 heterocycles. The van der Waals surface area contributed by atoms with Gasteiger partial charge in [-0.25, -0.2) is 4.79 Å². The Kier molecular flexibility index (Phi) is 6.47. The number of carbonyl (C=O) groups excluding carboxylic acids is 1. The molecule has 0 amide bonds. The number of carbonyl (C=O) groups is 1. The second-order valence-electron chi connectivity index (χ2n) is 4.29. The maximum Gasteiger partial charge on any atom is 0.351 e. The minimum atomic E-state index is -0.415. The van der Waals surface area contributed by atoms with Crippen LogP contribution in [-0.2, 0) is 11.3 Å². The number of esters is 1. The summed E-state index contributed by atoms with van der Waals surface area (Å²) in [5, 5.41) is 0. The Morgan fingerprint density at radius 1 is 1.47 bits per heavy atom. The molecule has 1 aromatic rings. The van der Waals surface area contributed by atoms with Gasteiger partial charge in [0.2, 0.25) is 0 Å². The first-order valence-electron chi connectivity index (χ1n) is 6.46. The lowest BCUT2D eigenvalue weighted by Gasteiger charge is -2.15. The molecule has 0 aliphatic carbocycles. The number of hydrogen-bond acceptors (Lipinski definition) is 5. The van der Waals surface area contributed by atoms with Crippen LogP contribution in [0, 0.1) is 3.95 Å². The topological polar surface area (TPSA) is 61.7 Å². The number of methoxy groups -OCH3 is 1. The molecule has 0 fully saturated rings. The number of nitrogens with one attached hydrogen (secondary N) is 1. The average Bonchev–Trinajstić information content (AvgIpc) is 2.70. The number of thiazole rings is 1. The maximum absolute atomic E-state index is 11.5. The first-order chi connectivity index (χ1) is 9.04. The van der Waals surface area contributed by atoms with E-state index in [1.165, 1.54) is 18.4 Å². The lowest BCUT2D eigenvalue weighted by molar-refractivity contribution is -0.896. The van der Waals surface area contributed by atoms with Crippen molar-refractivity contribution in [3.05, 3.63) is 8.83 Å². The fourth-order valence-corrected chi connectivity index (χ4v) is 3.25. The molecule has 0 spiro atoms. The van der Waals surface area contributed by atoms with E-state index in [1.807, 2.05) is 4.57 Å². The molecule has 1 aromatic heterocycles. The summed E-state index contributed by atoms with van der Waals surface area (Å²) in [6.45, 7) is 8.43. The van der Waals surface area contributed by atoms with Gasteiger partial charge in [-0.2, -0.15) is 0 Å². The van der Waals surface area contributed by atoms with E-state index < -0.39 is 5.97 Å². The van der Waals surface area contributed by atoms with E-state index in [2.05, 4.69) is 13.8 Å². The normalized spacial score (nSPS) is 10.9. The summed E-state index contributed by atoms with van der Waals surface area (Å²) in [6, 6.07) is 0. The van der Waals surface area contributed by atoms with E-state index in [4.69, 9.17) is 22.7 Å². The third-order valence-electron chi connectivity index (χ3n) is 3.22. The van der Waals surface area contributed by atoms with Gasteiger partial charge in [-0.1, -0.05) is 11.3 Å². The van der Waals surface area contributed by atoms with Gasteiger partial charge in [-0.15, -0.1) is 0 Å². The summed E-state index contributed by atoms with van der Waals surface area (Å²) in [6.07, 6.45) is 0.993. The maximum atomic E-state index is 11.5. The summed E-state index contributed by atoms with van der Waals surface area (Å²) in [5.41, 5.74) is 5.96. The number of hydrogen-bond donors (Lipinski definition) is 2. The fourth-order valence-electron chi connectivity index (χ4n) is 1.96. The highest BCUT2D eigenvalue weighted by molar-refractivity contribution is 7.73. The van der Waals surface area contributed by atoms with Crippen molar-refractivity contribution < 1.29 is 14.4 Å². The molecule has 0 atom stereocenters. The van der Waals surface area contributed by atoms with Crippen LogP contribution in [0.15, 0.2) is 0 Å². The molecule has 0 saturated heterocycles. The molecule has 5 nitrogen and oxygen atoms in total. The van der Waals surface area contributed by atoms with Crippen LogP contribution < -0.4 is 10.6 Å². The number of quaternary nitrogens is 1. The first-order valence-corrected chi connectivity index (χ1v) is 7.68. The molecule has 0 aliphatic heterocycles. The number of rotatable bonds is 7. The van der Waals surface area contributed by atoms with Crippen LogP contribution in [0.4, 0.5) is 5.82 Å². The molecular formula is C12H22N3O2S2+. The van der Waals surface area contributed by atoms with E-state index in [0.29, 0.717) is 14.6 Å². The van der Waals surface area contributed by atoms with E-state index in [0.717, 1.165) is 32.6 Å². The molecule has 0 radical (unpaired) electrons. The van der Waals surface area contributed by atoms with E-state index in [1.54, 1.807) is 4.90 Å². The zero-order valence-electron chi connectivity index (χ0n) is 11.7. The van der Waals surface area contributed by atoms with Gasteiger partial charge in [0.1, 0.15) is 5.82 Å². The monoisotopic (exact) mass is 304 g/mol. The summed E-state index contributed by atoms with van der Waals surface area (Å²) >= 11 is 6.47. The van der Waals surface area contributed by atoms with Gasteiger partial charge in [0.05, 0.1) is 26.7 Å². The molecule has 0 aromatic carbocycles. The first kappa shape index (κ1) is 16.1. The smallest absolute Gasteiger partial charge is 0.351 e. The third kappa shape index (κ3) is 4.02. The molecule has 0 aliphatic rings. The minimum Gasteiger partial charge on any atom is -0.465 e. The minimum absolute atomic E-state index is 0.405. The van der Waals surface area contributed by atoms with Gasteiger partial charge in [0.25, 0.3) is 0 Å². The number of anilines is 1. The Bertz CT molecular complexity index is 478. The van der Waals surface area contributed by atoms with Crippen molar-refractivity contribution in [2.75, 3.05) is 32.5 Å². The van der Waals surface area contributed by atoms with Crippen molar-refractivity contribution in [3.8, 4) is 0 Å². The Morgan fingerprint density at radius 3 is 2.63 bits per heavy atom. The predicted molar refractivity (Wildman–Crippen MR) is 80.4 cm³/mol. The Morgan fingerprint density at radius 2 is 2.11 bits per heavy atom. The van der Waals surface area contributed by atoms with Crippen LogP contribution >= 0.6 is 23.6 Å². The Balaban J connectivity index is 2.72. The lowest BCUT2D eigenvalue weighted by Crippen LogP contribution is -3.11. The number of aromatic nitrogens is 1. The molecule has 3 N–H and O–H groups in total. The molecule has 108 valence electrons. The number of nitrogens with zero attached hydrogens (tertiary/aromatic N) is 1. The molecule has 0 bridgehead atoms. The standard InChI is InChI=1S/C12H21N3O2S2/c1-4-14(5-2)7-6-8-15-10(13)9(11(16)17-3)19-12(15)18/h4-8,13H2,1-3H3/p+1. The van der Waals surface area contributed by atoms with Crippen molar-refractivity contribution in [1.82, 2.24) is 4.57 Å². The van der Waals surface area contributed by atoms with Crippen LogP contribution in [0.3, 0.4) is 0 Å². The van der Waals surface area contributed by atoms with Gasteiger partial charge >= 0.3 is 5.97 Å². The molecular weight excluding hydrogens is 282 g/mol. The van der Waals surface area contributed by atoms with Gasteiger partial charge in [0, 0.05) is 13.0 Å². The van der Waals surface area contributed by atoms with Gasteiger partial charge in [0.15, 0.2) is 8.83 Å². The van der Waals surface area contributed by atoms with Crippen molar-refractivity contribution in [2.24, 2.45) is 0 Å². The Labute approximate surface area is 123 Å². The summed E-state index contributed by atoms with van der Waals surface area (Å²) in [4.78, 5) is 13.5. The predicted octanol–water partition coefficient (Wildman–Crippen LogP) is 0.963. The van der Waals surface area contributed by atoms with Crippen LogP contribution in [0.1, 0.15) is 29.9 Å². The second kappa shape index (κ2) is 7.62. The summed E-state index contributed by atoms with van der Waals surface area (Å²) in [5.74, 6) is 0.0121. The highest BCUT2D eigenvalue weighted by Gasteiger charge is 2.17. The third-order valence-corrected chi connectivity index (χ3v) is 4.66. The van der Waals surface area contributed by atoms with Crippen molar-refractivity contribution in [3.63, 3.8) is 0 Å². The number of ether oxygens (including phenoxy) is 1. The van der Waals surface area contributed by atoms with E-state index >= 15 is 0 Å². The zero-order valence-corrected chi connectivity index (χ0v) is 13.3. The highest BCUT2D eigenvalue weighted by atomic mass is 32.1. The van der Waals surface area contributed by atoms with Crippen LogP contribution in [0.25, 0.3) is 0 Å². The average molecular weight is 304 g/mol. The molecule has 19 heavy (non-hydrogen) atoms. The number of nitrogens with two attached hydrogens (primary N) is 1. The van der Waals surface area contributed by atoms with Crippen molar-refractivity contribution >= 4 is 35.3 Å². The molecule has 0 saturated carbocycles.